The monoisotopic (exact) mass is 472 g/mol. The van der Waals surface area contributed by atoms with E-state index in [0.717, 1.165) is 62.9 Å². The van der Waals surface area contributed by atoms with Crippen LogP contribution in [0.25, 0.3) is 0 Å². The van der Waals surface area contributed by atoms with E-state index < -0.39 is 11.8 Å². The van der Waals surface area contributed by atoms with Crippen LogP contribution in [-0.4, -0.2) is 62.0 Å². The molecule has 1 amide bonds. The third kappa shape index (κ3) is 4.16. The van der Waals surface area contributed by atoms with Crippen LogP contribution in [0.5, 0.6) is 0 Å². The van der Waals surface area contributed by atoms with Gasteiger partial charge in [0.05, 0.1) is 16.9 Å². The van der Waals surface area contributed by atoms with Gasteiger partial charge in [-0.3, -0.25) is 4.79 Å². The molecule has 180 valence electrons. The lowest BCUT2D eigenvalue weighted by Crippen LogP contribution is -2.61. The molecule has 1 aromatic rings. The maximum atomic E-state index is 13.6. The molecule has 4 bridgehead atoms. The molecule has 0 aromatic carbocycles. The smallest absolute Gasteiger partial charge is 0.254 e. The van der Waals surface area contributed by atoms with Crippen LogP contribution in [0, 0.1) is 17.8 Å². The minimum atomic E-state index is -0.582. The molecule has 1 saturated heterocycles. The summed E-state index contributed by atoms with van der Waals surface area (Å²) in [6.07, 6.45) is 11.6. The molecule has 1 aromatic heterocycles. The Balaban J connectivity index is 1.27. The Morgan fingerprint density at radius 3 is 2.61 bits per heavy atom. The van der Waals surface area contributed by atoms with Crippen LogP contribution in [0.4, 0.5) is 5.95 Å². The molecule has 3 N–H and O–H groups in total. The lowest BCUT2D eigenvalue weighted by atomic mass is 9.52. The first-order valence-corrected chi connectivity index (χ1v) is 14.1. The van der Waals surface area contributed by atoms with E-state index in [1.54, 1.807) is 18.0 Å². The molecule has 0 radical (unpaired) electrons. The van der Waals surface area contributed by atoms with Gasteiger partial charge in [0, 0.05) is 36.2 Å². The summed E-state index contributed by atoms with van der Waals surface area (Å²) in [5, 5.41) is 24.8. The maximum Gasteiger partial charge on any atom is 0.254 e. The van der Waals surface area contributed by atoms with E-state index in [1.165, 1.54) is 19.3 Å². The summed E-state index contributed by atoms with van der Waals surface area (Å²) < 4.78 is 0. The highest BCUT2D eigenvalue weighted by Gasteiger charge is 2.55. The van der Waals surface area contributed by atoms with Crippen LogP contribution in [0.1, 0.15) is 86.2 Å². The van der Waals surface area contributed by atoms with Gasteiger partial charge in [-0.25, -0.2) is 9.97 Å². The normalized spacial score (nSPS) is 38.5. The number of carbonyl (C=O) groups excluding carboxylic acids is 1. The molecule has 0 spiro atoms. The molecular formula is C25H36N4O3S. The zero-order valence-electron chi connectivity index (χ0n) is 19.3. The van der Waals surface area contributed by atoms with Crippen molar-refractivity contribution in [1.82, 2.24) is 15.3 Å². The Bertz CT molecular complexity index is 892. The highest BCUT2D eigenvalue weighted by atomic mass is 32.2. The summed E-state index contributed by atoms with van der Waals surface area (Å²) in [5.41, 5.74) is 0.979. The number of nitrogens with one attached hydrogen (secondary N) is 1. The fourth-order valence-corrected chi connectivity index (χ4v) is 8.54. The predicted molar refractivity (Wildman–Crippen MR) is 128 cm³/mol. The SMILES string of the molecule is O=C(N[C@H]1C2CC3CC1C[C@@](O)(C3)C2)c1cnc(N2CCSCC2O)nc1C1CCCCC1. The van der Waals surface area contributed by atoms with Gasteiger partial charge in [0.15, 0.2) is 0 Å². The Morgan fingerprint density at radius 1 is 1.15 bits per heavy atom. The maximum absolute atomic E-state index is 13.6. The highest BCUT2D eigenvalue weighted by molar-refractivity contribution is 7.99. The molecule has 3 unspecified atom stereocenters. The van der Waals surface area contributed by atoms with Crippen LogP contribution in [0.3, 0.4) is 0 Å². The van der Waals surface area contributed by atoms with Gasteiger partial charge in [-0.15, -0.1) is 0 Å². The standard InChI is InChI=1S/C25H36N4O3S/c30-20-14-33-7-6-29(20)24-26-13-19(22(28-24)16-4-2-1-3-5-16)23(31)27-21-17-8-15-9-18(21)12-25(32,10-15)11-17/h13,15-18,20-21,30,32H,1-12,14H2,(H,27,31)/t15?,17?,18?,20?,21-,25+. The molecular weight excluding hydrogens is 436 g/mol. The summed E-state index contributed by atoms with van der Waals surface area (Å²) in [7, 11) is 0. The largest absolute Gasteiger partial charge is 0.390 e. The van der Waals surface area contributed by atoms with Gasteiger partial charge in [0.1, 0.15) is 6.23 Å². The second kappa shape index (κ2) is 8.68. The number of nitrogens with zero attached hydrogens (tertiary/aromatic N) is 3. The van der Waals surface area contributed by atoms with Gasteiger partial charge < -0.3 is 20.4 Å². The van der Waals surface area contributed by atoms with Crippen LogP contribution in [0.15, 0.2) is 6.20 Å². The third-order valence-corrected chi connectivity index (χ3v) is 9.95. The molecule has 2 heterocycles. The Kier molecular flexibility index (Phi) is 5.82. The minimum absolute atomic E-state index is 0.0543. The fraction of sp³-hybridized carbons (Fsp3) is 0.800. The molecule has 6 fully saturated rings. The number of aromatic nitrogens is 2. The summed E-state index contributed by atoms with van der Waals surface area (Å²) in [5.74, 6) is 3.75. The summed E-state index contributed by atoms with van der Waals surface area (Å²) in [4.78, 5) is 25.0. The first kappa shape index (κ1) is 22.1. The number of thioether (sulfide) groups is 1. The highest BCUT2D eigenvalue weighted by Crippen LogP contribution is 2.55. The van der Waals surface area contributed by atoms with E-state index in [0.29, 0.717) is 35.0 Å². The van der Waals surface area contributed by atoms with Crippen LogP contribution < -0.4 is 10.2 Å². The summed E-state index contributed by atoms with van der Waals surface area (Å²) >= 11 is 1.74. The second-order valence-electron chi connectivity index (χ2n) is 11.2. The number of carbonyl (C=O) groups is 1. The number of amides is 1. The molecule has 33 heavy (non-hydrogen) atoms. The van der Waals surface area contributed by atoms with Crippen molar-refractivity contribution in [3.05, 3.63) is 17.5 Å². The molecule has 1 aliphatic heterocycles. The van der Waals surface area contributed by atoms with Crippen LogP contribution in [0.2, 0.25) is 0 Å². The average molecular weight is 473 g/mol. The van der Waals surface area contributed by atoms with Gasteiger partial charge in [-0.05, 0) is 62.7 Å². The summed E-state index contributed by atoms with van der Waals surface area (Å²) in [6.45, 7) is 0.719. The van der Waals surface area contributed by atoms with E-state index in [4.69, 9.17) is 4.98 Å². The predicted octanol–water partition coefficient (Wildman–Crippen LogP) is 3.07. The van der Waals surface area contributed by atoms with Crippen molar-refractivity contribution in [1.29, 1.82) is 0 Å². The molecule has 7 rings (SSSR count). The van der Waals surface area contributed by atoms with Crippen molar-refractivity contribution in [3.63, 3.8) is 0 Å². The zero-order valence-corrected chi connectivity index (χ0v) is 20.1. The Morgan fingerprint density at radius 2 is 1.91 bits per heavy atom. The van der Waals surface area contributed by atoms with Crippen molar-refractivity contribution in [2.75, 3.05) is 23.0 Å². The Labute approximate surface area is 200 Å². The molecule has 8 heteroatoms. The van der Waals surface area contributed by atoms with Gasteiger partial charge in [-0.2, -0.15) is 11.8 Å². The van der Waals surface area contributed by atoms with Crippen LogP contribution in [-0.2, 0) is 0 Å². The van der Waals surface area contributed by atoms with Crippen molar-refractivity contribution >= 4 is 23.6 Å². The lowest BCUT2D eigenvalue weighted by Gasteiger charge is -2.58. The second-order valence-corrected chi connectivity index (χ2v) is 12.4. The molecule has 6 aliphatic rings. The number of hydrogen-bond donors (Lipinski definition) is 3. The Hall–Kier alpha value is -1.38. The fourth-order valence-electron chi connectivity index (χ4n) is 7.66. The molecule has 3 atom stereocenters. The topological polar surface area (TPSA) is 98.6 Å². The quantitative estimate of drug-likeness (QED) is 0.619. The zero-order chi connectivity index (χ0) is 22.6. The van der Waals surface area contributed by atoms with E-state index in [1.807, 2.05) is 4.90 Å². The van der Waals surface area contributed by atoms with Gasteiger partial charge >= 0.3 is 0 Å². The first-order chi connectivity index (χ1) is 16.0. The van der Waals surface area contributed by atoms with Crippen molar-refractivity contribution < 1.29 is 15.0 Å². The third-order valence-electron chi connectivity index (χ3n) is 8.94. The van der Waals surface area contributed by atoms with Crippen molar-refractivity contribution in [2.24, 2.45) is 17.8 Å². The minimum Gasteiger partial charge on any atom is -0.390 e. The van der Waals surface area contributed by atoms with Crippen molar-refractivity contribution in [2.45, 2.75) is 88.0 Å². The van der Waals surface area contributed by atoms with Crippen molar-refractivity contribution in [3.8, 4) is 0 Å². The number of hydrogen-bond acceptors (Lipinski definition) is 7. The van der Waals surface area contributed by atoms with Gasteiger partial charge in [0.25, 0.3) is 5.91 Å². The van der Waals surface area contributed by atoms with E-state index in [9.17, 15) is 15.0 Å². The summed E-state index contributed by atoms with van der Waals surface area (Å²) in [6, 6.07) is 0.147. The lowest BCUT2D eigenvalue weighted by molar-refractivity contribution is -0.136. The number of aliphatic hydroxyl groups is 2. The average Bonchev–Trinajstić information content (AvgIpc) is 2.81. The van der Waals surface area contributed by atoms with E-state index in [-0.39, 0.29) is 17.9 Å². The van der Waals surface area contributed by atoms with E-state index in [2.05, 4.69) is 10.3 Å². The van der Waals surface area contributed by atoms with E-state index >= 15 is 0 Å². The molecule has 5 aliphatic carbocycles. The number of aliphatic hydroxyl groups excluding tert-OH is 1. The first-order valence-electron chi connectivity index (χ1n) is 12.9. The number of anilines is 1. The van der Waals surface area contributed by atoms with Crippen LogP contribution >= 0.6 is 11.8 Å². The van der Waals surface area contributed by atoms with Gasteiger partial charge in [0.2, 0.25) is 5.95 Å². The molecule has 5 saturated carbocycles. The molecule has 7 nitrogen and oxygen atoms in total. The number of rotatable bonds is 4. The van der Waals surface area contributed by atoms with Gasteiger partial charge in [-0.1, -0.05) is 19.3 Å².